The molecule has 1 aromatic rings. The van der Waals surface area contributed by atoms with Crippen molar-refractivity contribution in [3.05, 3.63) is 35.6 Å². The molecule has 0 amide bonds. The van der Waals surface area contributed by atoms with Crippen molar-refractivity contribution in [1.82, 2.24) is 5.32 Å². The maximum atomic E-state index is 13.6. The minimum Gasteiger partial charge on any atom is -0.311 e. The second kappa shape index (κ2) is 7.04. The van der Waals surface area contributed by atoms with Crippen molar-refractivity contribution >= 4 is 0 Å². The molecule has 0 aliphatic heterocycles. The third kappa shape index (κ3) is 4.31. The summed E-state index contributed by atoms with van der Waals surface area (Å²) in [5, 5.41) is 3.66. The van der Waals surface area contributed by atoms with Crippen LogP contribution in [0.3, 0.4) is 0 Å². The van der Waals surface area contributed by atoms with Crippen molar-refractivity contribution in [2.45, 2.75) is 64.5 Å². The first-order valence-corrected chi connectivity index (χ1v) is 7.66. The molecule has 1 aliphatic carbocycles. The van der Waals surface area contributed by atoms with Crippen LogP contribution in [0.15, 0.2) is 24.3 Å². The Bertz CT molecular complexity index is 385. The van der Waals surface area contributed by atoms with Gasteiger partial charge in [-0.25, -0.2) is 4.39 Å². The standard InChI is InChI=1S/C17H26FN/c1-13(12-16-10-6-7-11-17(16)18)19-14(2)15-8-4-3-5-9-15/h6-7,10-11,13-15,19H,3-5,8-9,12H2,1-2H3/t13?,14-/m1/s1. The van der Waals surface area contributed by atoms with Crippen molar-refractivity contribution in [2.75, 3.05) is 0 Å². The minimum absolute atomic E-state index is 0.0820. The molecule has 0 aromatic heterocycles. The fraction of sp³-hybridized carbons (Fsp3) is 0.647. The van der Waals surface area contributed by atoms with Gasteiger partial charge in [-0.05, 0) is 50.7 Å². The van der Waals surface area contributed by atoms with Gasteiger partial charge >= 0.3 is 0 Å². The van der Waals surface area contributed by atoms with E-state index in [1.165, 1.54) is 32.1 Å². The quantitative estimate of drug-likeness (QED) is 0.834. The number of benzene rings is 1. The maximum Gasteiger partial charge on any atom is 0.126 e. The van der Waals surface area contributed by atoms with E-state index >= 15 is 0 Å². The van der Waals surface area contributed by atoms with Crippen LogP contribution >= 0.6 is 0 Å². The van der Waals surface area contributed by atoms with Crippen LogP contribution in [-0.4, -0.2) is 12.1 Å². The Kier molecular flexibility index (Phi) is 5.38. The Morgan fingerprint density at radius 1 is 1.16 bits per heavy atom. The fourth-order valence-electron chi connectivity index (χ4n) is 3.27. The monoisotopic (exact) mass is 263 g/mol. The average molecular weight is 263 g/mol. The van der Waals surface area contributed by atoms with Gasteiger partial charge in [-0.3, -0.25) is 0 Å². The van der Waals surface area contributed by atoms with Crippen LogP contribution in [-0.2, 0) is 6.42 Å². The lowest BCUT2D eigenvalue weighted by atomic mass is 9.84. The van der Waals surface area contributed by atoms with E-state index in [0.29, 0.717) is 12.1 Å². The molecule has 1 nitrogen and oxygen atoms in total. The number of hydrogen-bond donors (Lipinski definition) is 1. The SMILES string of the molecule is CC(Cc1ccccc1F)N[C@H](C)C1CCCCC1. The van der Waals surface area contributed by atoms with Crippen molar-refractivity contribution in [2.24, 2.45) is 5.92 Å². The second-order valence-corrected chi connectivity index (χ2v) is 6.05. The van der Waals surface area contributed by atoms with Gasteiger partial charge in [-0.1, -0.05) is 37.5 Å². The van der Waals surface area contributed by atoms with Gasteiger partial charge < -0.3 is 5.32 Å². The molecule has 1 N–H and O–H groups in total. The Labute approximate surface area is 116 Å². The normalized spacial score (nSPS) is 20.2. The molecular weight excluding hydrogens is 237 g/mol. The molecule has 1 unspecified atom stereocenters. The van der Waals surface area contributed by atoms with Crippen LogP contribution in [0.2, 0.25) is 0 Å². The predicted octanol–water partition coefficient (Wildman–Crippen LogP) is 4.32. The third-order valence-corrected chi connectivity index (χ3v) is 4.39. The smallest absolute Gasteiger partial charge is 0.126 e. The molecular formula is C17H26FN. The van der Waals surface area contributed by atoms with Crippen molar-refractivity contribution in [3.8, 4) is 0 Å². The van der Waals surface area contributed by atoms with Crippen molar-refractivity contribution in [1.29, 1.82) is 0 Å². The van der Waals surface area contributed by atoms with Gasteiger partial charge in [-0.2, -0.15) is 0 Å². The first kappa shape index (κ1) is 14.5. The highest BCUT2D eigenvalue weighted by atomic mass is 19.1. The summed E-state index contributed by atoms with van der Waals surface area (Å²) in [5.41, 5.74) is 0.818. The van der Waals surface area contributed by atoms with E-state index in [4.69, 9.17) is 0 Å². The summed E-state index contributed by atoms with van der Waals surface area (Å²) in [4.78, 5) is 0. The van der Waals surface area contributed by atoms with Gasteiger partial charge in [0.25, 0.3) is 0 Å². The van der Waals surface area contributed by atoms with Crippen molar-refractivity contribution < 1.29 is 4.39 Å². The van der Waals surface area contributed by atoms with Crippen LogP contribution in [0.1, 0.15) is 51.5 Å². The van der Waals surface area contributed by atoms with Crippen LogP contribution in [0.5, 0.6) is 0 Å². The number of rotatable bonds is 5. The molecule has 1 fully saturated rings. The van der Waals surface area contributed by atoms with E-state index in [1.807, 2.05) is 12.1 Å². The molecule has 0 radical (unpaired) electrons. The van der Waals surface area contributed by atoms with E-state index in [1.54, 1.807) is 12.1 Å². The molecule has 2 heteroatoms. The van der Waals surface area contributed by atoms with Gasteiger partial charge in [0.1, 0.15) is 5.82 Å². The fourth-order valence-corrected chi connectivity index (χ4v) is 3.27. The van der Waals surface area contributed by atoms with E-state index in [9.17, 15) is 4.39 Å². The van der Waals surface area contributed by atoms with Gasteiger partial charge in [0.15, 0.2) is 0 Å². The summed E-state index contributed by atoms with van der Waals surface area (Å²) < 4.78 is 13.6. The van der Waals surface area contributed by atoms with Gasteiger partial charge in [0.2, 0.25) is 0 Å². The van der Waals surface area contributed by atoms with E-state index in [2.05, 4.69) is 19.2 Å². The molecule has 19 heavy (non-hydrogen) atoms. The van der Waals surface area contributed by atoms with E-state index in [0.717, 1.165) is 17.9 Å². The zero-order chi connectivity index (χ0) is 13.7. The molecule has 1 saturated carbocycles. The van der Waals surface area contributed by atoms with E-state index < -0.39 is 0 Å². The lowest BCUT2D eigenvalue weighted by molar-refractivity contribution is 0.266. The molecule has 106 valence electrons. The van der Waals surface area contributed by atoms with Crippen LogP contribution in [0.25, 0.3) is 0 Å². The lowest BCUT2D eigenvalue weighted by Gasteiger charge is -2.30. The van der Waals surface area contributed by atoms with Crippen LogP contribution < -0.4 is 5.32 Å². The topological polar surface area (TPSA) is 12.0 Å². The number of halogens is 1. The average Bonchev–Trinajstić information content (AvgIpc) is 2.42. The maximum absolute atomic E-state index is 13.6. The molecule has 0 saturated heterocycles. The largest absolute Gasteiger partial charge is 0.311 e. The summed E-state index contributed by atoms with van der Waals surface area (Å²) in [7, 11) is 0. The lowest BCUT2D eigenvalue weighted by Crippen LogP contribution is -2.41. The molecule has 0 spiro atoms. The van der Waals surface area contributed by atoms with Crippen molar-refractivity contribution in [3.63, 3.8) is 0 Å². The van der Waals surface area contributed by atoms with Gasteiger partial charge in [0, 0.05) is 12.1 Å². The van der Waals surface area contributed by atoms with Gasteiger partial charge in [-0.15, -0.1) is 0 Å². The molecule has 1 aromatic carbocycles. The Balaban J connectivity index is 1.83. The summed E-state index contributed by atoms with van der Waals surface area (Å²) in [6, 6.07) is 7.97. The van der Waals surface area contributed by atoms with Crippen LogP contribution in [0, 0.1) is 11.7 Å². The number of hydrogen-bond acceptors (Lipinski definition) is 1. The zero-order valence-electron chi connectivity index (χ0n) is 12.2. The predicted molar refractivity (Wildman–Crippen MR) is 78.7 cm³/mol. The molecule has 0 bridgehead atoms. The highest BCUT2D eigenvalue weighted by molar-refractivity contribution is 5.18. The Hall–Kier alpha value is -0.890. The molecule has 0 heterocycles. The minimum atomic E-state index is -0.0820. The first-order chi connectivity index (χ1) is 9.16. The number of nitrogens with one attached hydrogen (secondary N) is 1. The summed E-state index contributed by atoms with van der Waals surface area (Å²) in [6.45, 7) is 4.44. The first-order valence-electron chi connectivity index (χ1n) is 7.66. The second-order valence-electron chi connectivity index (χ2n) is 6.05. The Morgan fingerprint density at radius 2 is 1.84 bits per heavy atom. The third-order valence-electron chi connectivity index (χ3n) is 4.39. The zero-order valence-corrected chi connectivity index (χ0v) is 12.2. The van der Waals surface area contributed by atoms with Crippen LogP contribution in [0.4, 0.5) is 4.39 Å². The highest BCUT2D eigenvalue weighted by Gasteiger charge is 2.21. The van der Waals surface area contributed by atoms with E-state index in [-0.39, 0.29) is 5.82 Å². The molecule has 1 aliphatic rings. The van der Waals surface area contributed by atoms with Gasteiger partial charge in [0.05, 0.1) is 0 Å². The highest BCUT2D eigenvalue weighted by Crippen LogP contribution is 2.26. The summed E-state index contributed by atoms with van der Waals surface area (Å²) >= 11 is 0. The summed E-state index contributed by atoms with van der Waals surface area (Å²) in [6.07, 6.45) is 7.61. The molecule has 2 atom stereocenters. The molecule has 2 rings (SSSR count). The Morgan fingerprint density at radius 3 is 2.53 bits per heavy atom. The summed E-state index contributed by atoms with van der Waals surface area (Å²) in [5.74, 6) is 0.721.